The lowest BCUT2D eigenvalue weighted by molar-refractivity contribution is 0.599. The Balaban J connectivity index is 2.58. The smallest absolute Gasteiger partial charge is 0.262 e. The molecule has 0 heterocycles. The first-order valence-corrected chi connectivity index (χ1v) is 11.1. The van der Waals surface area contributed by atoms with Crippen molar-refractivity contribution in [1.82, 2.24) is 0 Å². The molecule has 0 radical (unpaired) electrons. The summed E-state index contributed by atoms with van der Waals surface area (Å²) < 4.78 is 66.8. The van der Waals surface area contributed by atoms with Crippen molar-refractivity contribution in [3.8, 4) is 0 Å². The minimum absolute atomic E-state index is 0.0605. The Bertz CT molecular complexity index is 1080. The Hall–Kier alpha value is -1.84. The van der Waals surface area contributed by atoms with Crippen LogP contribution in [0.4, 0.5) is 15.8 Å². The number of sulfonamides is 2. The second kappa shape index (κ2) is 7.05. The molecule has 0 saturated carbocycles. The van der Waals surface area contributed by atoms with Gasteiger partial charge in [-0.2, -0.15) is 0 Å². The zero-order chi connectivity index (χ0) is 19.9. The number of rotatable bonds is 5. The van der Waals surface area contributed by atoms with Crippen molar-refractivity contribution in [3.05, 3.63) is 51.8 Å². The lowest BCUT2D eigenvalue weighted by Gasteiger charge is -2.18. The fourth-order valence-corrected chi connectivity index (χ4v) is 5.08. The second-order valence-corrected chi connectivity index (χ2v) is 9.72. The lowest BCUT2D eigenvalue weighted by atomic mass is 10.1. The highest BCUT2D eigenvalue weighted by Crippen LogP contribution is 2.32. The zero-order valence-corrected chi connectivity index (χ0v) is 16.9. The Morgan fingerprint density at radius 3 is 2.12 bits per heavy atom. The molecule has 2 rings (SSSR count). The number of aryl methyl sites for hydroxylation is 2. The van der Waals surface area contributed by atoms with Crippen LogP contribution in [0.15, 0.2) is 29.2 Å². The summed E-state index contributed by atoms with van der Waals surface area (Å²) in [6, 6.07) is 5.02. The largest absolute Gasteiger partial charge is 0.283 e. The van der Waals surface area contributed by atoms with Crippen molar-refractivity contribution >= 4 is 43.0 Å². The summed E-state index contributed by atoms with van der Waals surface area (Å²) in [6.45, 7) is 4.80. The maximum Gasteiger partial charge on any atom is 0.262 e. The summed E-state index contributed by atoms with van der Waals surface area (Å²) in [5.74, 6) is -0.669. The molecule has 0 bridgehead atoms. The van der Waals surface area contributed by atoms with E-state index in [1.807, 2.05) is 0 Å². The van der Waals surface area contributed by atoms with Crippen LogP contribution < -0.4 is 9.44 Å². The molecule has 26 heavy (non-hydrogen) atoms. The Kier molecular flexibility index (Phi) is 5.55. The molecule has 10 heteroatoms. The minimum Gasteiger partial charge on any atom is -0.283 e. The molecule has 2 aromatic carbocycles. The molecular formula is C16H18ClFN2O4S2. The van der Waals surface area contributed by atoms with E-state index in [1.54, 1.807) is 19.9 Å². The van der Waals surface area contributed by atoms with Gasteiger partial charge >= 0.3 is 0 Å². The van der Waals surface area contributed by atoms with Crippen LogP contribution in [0.1, 0.15) is 16.7 Å². The highest BCUT2D eigenvalue weighted by molar-refractivity contribution is 7.93. The third-order valence-corrected chi connectivity index (χ3v) is 6.16. The number of hydrogen-bond acceptors (Lipinski definition) is 4. The van der Waals surface area contributed by atoms with Crippen LogP contribution in [0, 0.1) is 26.6 Å². The van der Waals surface area contributed by atoms with Crippen LogP contribution >= 0.6 is 11.6 Å². The molecule has 0 unspecified atom stereocenters. The summed E-state index contributed by atoms with van der Waals surface area (Å²) in [4.78, 5) is -0.0605. The summed E-state index contributed by atoms with van der Waals surface area (Å²) in [5, 5.41) is -0.220. The van der Waals surface area contributed by atoms with E-state index in [-0.39, 0.29) is 26.9 Å². The summed E-state index contributed by atoms with van der Waals surface area (Å²) in [7, 11) is -7.66. The van der Waals surface area contributed by atoms with Gasteiger partial charge in [-0.05, 0) is 55.7 Å². The van der Waals surface area contributed by atoms with Gasteiger partial charge in [0.05, 0.1) is 27.5 Å². The average Bonchev–Trinajstić information content (AvgIpc) is 2.45. The van der Waals surface area contributed by atoms with E-state index in [1.165, 1.54) is 13.0 Å². The van der Waals surface area contributed by atoms with E-state index >= 15 is 0 Å². The van der Waals surface area contributed by atoms with E-state index < -0.39 is 25.9 Å². The zero-order valence-electron chi connectivity index (χ0n) is 14.5. The number of halogens is 2. The first kappa shape index (κ1) is 20.5. The molecule has 0 spiro atoms. The van der Waals surface area contributed by atoms with Crippen molar-refractivity contribution in [2.45, 2.75) is 25.7 Å². The van der Waals surface area contributed by atoms with Gasteiger partial charge in [-0.1, -0.05) is 17.7 Å². The second-order valence-electron chi connectivity index (χ2n) is 5.95. The Morgan fingerprint density at radius 2 is 1.58 bits per heavy atom. The molecule has 142 valence electrons. The predicted molar refractivity (Wildman–Crippen MR) is 101 cm³/mol. The normalized spacial score (nSPS) is 12.1. The summed E-state index contributed by atoms with van der Waals surface area (Å²) in [5.41, 5.74) is 1.59. The van der Waals surface area contributed by atoms with Crippen molar-refractivity contribution < 1.29 is 21.2 Å². The van der Waals surface area contributed by atoms with E-state index in [0.29, 0.717) is 11.1 Å². The molecule has 0 atom stereocenters. The molecule has 6 nitrogen and oxygen atoms in total. The molecule has 0 saturated heterocycles. The number of anilines is 2. The van der Waals surface area contributed by atoms with Gasteiger partial charge in [0.2, 0.25) is 10.0 Å². The molecule has 0 aliphatic heterocycles. The van der Waals surface area contributed by atoms with Gasteiger partial charge in [0, 0.05) is 0 Å². The van der Waals surface area contributed by atoms with E-state index in [2.05, 4.69) is 9.44 Å². The van der Waals surface area contributed by atoms with Gasteiger partial charge in [0.15, 0.2) is 0 Å². The standard InChI is InChI=1S/C16H18ClFN2O4S2/c1-9-7-10(2)16(11(3)15(9)20-25(4,21)22)26(23,24)19-12-5-6-14(18)13(17)8-12/h5-8,19-20H,1-4H3. The van der Waals surface area contributed by atoms with Gasteiger partial charge in [-0.3, -0.25) is 9.44 Å². The van der Waals surface area contributed by atoms with Crippen molar-refractivity contribution in [3.63, 3.8) is 0 Å². The van der Waals surface area contributed by atoms with E-state index in [9.17, 15) is 21.2 Å². The molecule has 0 aromatic heterocycles. The first-order chi connectivity index (χ1) is 11.8. The highest BCUT2D eigenvalue weighted by atomic mass is 35.5. The fourth-order valence-electron chi connectivity index (χ4n) is 2.69. The predicted octanol–water partition coefficient (Wildman–Crippen LogP) is 3.58. The molecule has 2 N–H and O–H groups in total. The van der Waals surface area contributed by atoms with Gasteiger partial charge in [-0.25, -0.2) is 21.2 Å². The van der Waals surface area contributed by atoms with Gasteiger partial charge in [0.25, 0.3) is 10.0 Å². The molecule has 0 amide bonds. The molecule has 2 aromatic rings. The van der Waals surface area contributed by atoms with Crippen LogP contribution in [0.3, 0.4) is 0 Å². The highest BCUT2D eigenvalue weighted by Gasteiger charge is 2.24. The van der Waals surface area contributed by atoms with Crippen molar-refractivity contribution in [2.75, 3.05) is 15.7 Å². The van der Waals surface area contributed by atoms with Gasteiger partial charge in [-0.15, -0.1) is 0 Å². The maximum atomic E-state index is 13.3. The van der Waals surface area contributed by atoms with Crippen LogP contribution in [0.5, 0.6) is 0 Å². The quantitative estimate of drug-likeness (QED) is 0.773. The van der Waals surface area contributed by atoms with Crippen molar-refractivity contribution in [2.24, 2.45) is 0 Å². The van der Waals surface area contributed by atoms with Gasteiger partial charge < -0.3 is 0 Å². The molecule has 0 aliphatic carbocycles. The minimum atomic E-state index is -4.07. The maximum absolute atomic E-state index is 13.3. The third-order valence-electron chi connectivity index (χ3n) is 3.63. The molecule has 0 aliphatic rings. The number of benzene rings is 2. The third kappa shape index (κ3) is 4.46. The van der Waals surface area contributed by atoms with Crippen LogP contribution in [0.25, 0.3) is 0 Å². The lowest BCUT2D eigenvalue weighted by Crippen LogP contribution is -2.19. The van der Waals surface area contributed by atoms with E-state index in [0.717, 1.165) is 18.4 Å². The summed E-state index contributed by atoms with van der Waals surface area (Å²) in [6.07, 6.45) is 0.985. The summed E-state index contributed by atoms with van der Waals surface area (Å²) >= 11 is 5.68. The van der Waals surface area contributed by atoms with Crippen LogP contribution in [0.2, 0.25) is 5.02 Å². The fraction of sp³-hybridized carbons (Fsp3) is 0.250. The first-order valence-electron chi connectivity index (χ1n) is 7.38. The molecule has 0 fully saturated rings. The van der Waals surface area contributed by atoms with Gasteiger partial charge in [0.1, 0.15) is 5.82 Å². The molecular weight excluding hydrogens is 403 g/mol. The Morgan fingerprint density at radius 1 is 0.962 bits per heavy atom. The number of nitrogens with one attached hydrogen (secondary N) is 2. The van der Waals surface area contributed by atoms with Crippen molar-refractivity contribution in [1.29, 1.82) is 0 Å². The number of hydrogen-bond donors (Lipinski definition) is 2. The average molecular weight is 421 g/mol. The monoisotopic (exact) mass is 420 g/mol. The van der Waals surface area contributed by atoms with Crippen LogP contribution in [-0.4, -0.2) is 23.1 Å². The van der Waals surface area contributed by atoms with Crippen LogP contribution in [-0.2, 0) is 20.0 Å². The van der Waals surface area contributed by atoms with E-state index in [4.69, 9.17) is 11.6 Å². The Labute approximate surface area is 157 Å². The topological polar surface area (TPSA) is 92.3 Å². The SMILES string of the molecule is Cc1cc(C)c(S(=O)(=O)Nc2ccc(F)c(Cl)c2)c(C)c1NS(C)(=O)=O.